The van der Waals surface area contributed by atoms with E-state index in [-0.39, 0.29) is 0 Å². The minimum absolute atomic E-state index is 0.693. The number of thiazole rings is 1. The average Bonchev–Trinajstić information content (AvgIpc) is 2.71. The smallest absolute Gasteiger partial charge is 0.154 e. The molecule has 5 heteroatoms. The van der Waals surface area contributed by atoms with Crippen LogP contribution in [0.25, 0.3) is 0 Å². The molecule has 0 aliphatic rings. The van der Waals surface area contributed by atoms with Crippen LogP contribution < -0.4 is 0 Å². The highest BCUT2D eigenvalue weighted by molar-refractivity contribution is 9.10. The Kier molecular flexibility index (Phi) is 3.56. The Morgan fingerprint density at radius 3 is 3.00 bits per heavy atom. The number of hydrogen-bond donors (Lipinski definition) is 0. The van der Waals surface area contributed by atoms with Gasteiger partial charge in [0, 0.05) is 26.5 Å². The predicted octanol–water partition coefficient (Wildman–Crippen LogP) is 3.87. The quantitative estimate of drug-likeness (QED) is 0.806. The summed E-state index contributed by atoms with van der Waals surface area (Å²) in [5.41, 5.74) is 0.693. The van der Waals surface area contributed by atoms with Gasteiger partial charge in [0.15, 0.2) is 10.6 Å². The van der Waals surface area contributed by atoms with Crippen LogP contribution in [0, 0.1) is 0 Å². The van der Waals surface area contributed by atoms with Gasteiger partial charge in [0.05, 0.1) is 0 Å². The van der Waals surface area contributed by atoms with Crippen LogP contribution in [0.3, 0.4) is 0 Å². The molecule has 0 spiro atoms. The first-order valence-corrected chi connectivity index (χ1v) is 6.60. The van der Waals surface area contributed by atoms with Crippen molar-refractivity contribution in [1.29, 1.82) is 0 Å². The van der Waals surface area contributed by atoms with E-state index < -0.39 is 0 Å². The van der Waals surface area contributed by atoms with Crippen molar-refractivity contribution in [2.24, 2.45) is 0 Å². The van der Waals surface area contributed by atoms with Gasteiger partial charge in [-0.05, 0) is 18.2 Å². The number of halogens is 1. The third kappa shape index (κ3) is 2.68. The highest BCUT2D eigenvalue weighted by Crippen LogP contribution is 2.32. The minimum Gasteiger partial charge on any atom is -0.298 e. The third-order valence-electron chi connectivity index (χ3n) is 1.71. The second kappa shape index (κ2) is 4.92. The van der Waals surface area contributed by atoms with E-state index in [1.807, 2.05) is 17.5 Å². The molecule has 0 aliphatic carbocycles. The zero-order chi connectivity index (χ0) is 10.7. The summed E-state index contributed by atoms with van der Waals surface area (Å²) < 4.78 is 1.91. The minimum atomic E-state index is 0.693. The molecule has 0 saturated heterocycles. The molecule has 2 rings (SSSR count). The molecule has 0 saturated carbocycles. The van der Waals surface area contributed by atoms with Crippen molar-refractivity contribution in [3.8, 4) is 0 Å². The Hall–Kier alpha value is -0.650. The SMILES string of the molecule is O=Cc1ccc(Br)cc1Sc1nccs1. The lowest BCUT2D eigenvalue weighted by atomic mass is 10.2. The molecule has 0 radical (unpaired) electrons. The lowest BCUT2D eigenvalue weighted by Crippen LogP contribution is -1.84. The number of carbonyl (C=O) groups is 1. The van der Waals surface area contributed by atoms with E-state index in [1.165, 1.54) is 11.8 Å². The number of carbonyl (C=O) groups excluding carboxylic acids is 1. The number of nitrogens with zero attached hydrogens (tertiary/aromatic N) is 1. The van der Waals surface area contributed by atoms with E-state index >= 15 is 0 Å². The number of hydrogen-bond acceptors (Lipinski definition) is 4. The molecule has 2 nitrogen and oxygen atoms in total. The monoisotopic (exact) mass is 299 g/mol. The molecular weight excluding hydrogens is 294 g/mol. The van der Waals surface area contributed by atoms with Crippen LogP contribution >= 0.6 is 39.0 Å². The highest BCUT2D eigenvalue weighted by Gasteiger charge is 2.06. The Morgan fingerprint density at radius 2 is 2.33 bits per heavy atom. The third-order valence-corrected chi connectivity index (χ3v) is 4.16. The van der Waals surface area contributed by atoms with Crippen LogP contribution in [0.2, 0.25) is 0 Å². The average molecular weight is 300 g/mol. The first kappa shape index (κ1) is 10.9. The van der Waals surface area contributed by atoms with Crippen LogP contribution in [-0.4, -0.2) is 11.3 Å². The summed E-state index contributed by atoms with van der Waals surface area (Å²) in [6, 6.07) is 5.58. The Balaban J connectivity index is 2.34. The molecule has 2 aromatic rings. The van der Waals surface area contributed by atoms with Crippen molar-refractivity contribution >= 4 is 45.3 Å². The Bertz CT molecular complexity index is 470. The van der Waals surface area contributed by atoms with Crippen molar-refractivity contribution < 1.29 is 4.79 Å². The van der Waals surface area contributed by atoms with Crippen LogP contribution in [0.4, 0.5) is 0 Å². The molecule has 0 aliphatic heterocycles. The molecule has 0 amide bonds. The van der Waals surface area contributed by atoms with Crippen LogP contribution in [0.5, 0.6) is 0 Å². The Morgan fingerprint density at radius 1 is 1.47 bits per heavy atom. The van der Waals surface area contributed by atoms with Crippen molar-refractivity contribution in [3.05, 3.63) is 39.8 Å². The maximum absolute atomic E-state index is 10.8. The zero-order valence-corrected chi connectivity index (χ0v) is 10.7. The second-order valence-electron chi connectivity index (χ2n) is 2.70. The molecule has 1 aromatic heterocycles. The molecule has 1 heterocycles. The second-order valence-corrected chi connectivity index (χ2v) is 5.80. The van der Waals surface area contributed by atoms with Gasteiger partial charge in [-0.25, -0.2) is 4.98 Å². The fourth-order valence-electron chi connectivity index (χ4n) is 1.05. The first-order valence-electron chi connectivity index (χ1n) is 4.11. The van der Waals surface area contributed by atoms with E-state index in [1.54, 1.807) is 23.6 Å². The van der Waals surface area contributed by atoms with Crippen molar-refractivity contribution in [2.75, 3.05) is 0 Å². The van der Waals surface area contributed by atoms with Crippen LogP contribution in [0.15, 0.2) is 43.5 Å². The van der Waals surface area contributed by atoms with Gasteiger partial charge in [-0.15, -0.1) is 11.3 Å². The van der Waals surface area contributed by atoms with Crippen LogP contribution in [0.1, 0.15) is 10.4 Å². The van der Waals surface area contributed by atoms with E-state index in [0.717, 1.165) is 20.0 Å². The summed E-state index contributed by atoms with van der Waals surface area (Å²) in [7, 11) is 0. The molecule has 76 valence electrons. The summed E-state index contributed by atoms with van der Waals surface area (Å²) in [6.45, 7) is 0. The lowest BCUT2D eigenvalue weighted by molar-refractivity contribution is 0.112. The fraction of sp³-hybridized carbons (Fsp3) is 0. The molecule has 0 atom stereocenters. The number of benzene rings is 1. The van der Waals surface area contributed by atoms with Gasteiger partial charge < -0.3 is 0 Å². The highest BCUT2D eigenvalue weighted by atomic mass is 79.9. The van der Waals surface area contributed by atoms with E-state index in [4.69, 9.17) is 0 Å². The summed E-state index contributed by atoms with van der Waals surface area (Å²) in [5, 5.41) is 1.92. The van der Waals surface area contributed by atoms with Gasteiger partial charge in [-0.2, -0.15) is 0 Å². The van der Waals surface area contributed by atoms with E-state index in [0.29, 0.717) is 5.56 Å². The van der Waals surface area contributed by atoms with E-state index in [2.05, 4.69) is 20.9 Å². The summed E-state index contributed by atoms with van der Waals surface area (Å²) in [5.74, 6) is 0. The number of rotatable bonds is 3. The van der Waals surface area contributed by atoms with Crippen molar-refractivity contribution in [3.63, 3.8) is 0 Å². The van der Waals surface area contributed by atoms with Crippen molar-refractivity contribution in [1.82, 2.24) is 4.98 Å². The topological polar surface area (TPSA) is 30.0 Å². The standard InChI is InChI=1S/C10H6BrNOS2/c11-8-2-1-7(6-13)9(5-8)15-10-12-3-4-14-10/h1-6H. The van der Waals surface area contributed by atoms with Crippen LogP contribution in [-0.2, 0) is 0 Å². The fourth-order valence-corrected chi connectivity index (χ4v) is 3.27. The normalized spacial score (nSPS) is 10.2. The maximum Gasteiger partial charge on any atom is 0.154 e. The lowest BCUT2D eigenvalue weighted by Gasteiger charge is -2.02. The van der Waals surface area contributed by atoms with Gasteiger partial charge >= 0.3 is 0 Å². The summed E-state index contributed by atoms with van der Waals surface area (Å²) in [4.78, 5) is 15.9. The number of aldehydes is 1. The molecule has 0 unspecified atom stereocenters. The van der Waals surface area contributed by atoms with Crippen molar-refractivity contribution in [2.45, 2.75) is 9.24 Å². The zero-order valence-electron chi connectivity index (χ0n) is 7.51. The van der Waals surface area contributed by atoms with E-state index in [9.17, 15) is 4.79 Å². The Labute approximate surface area is 104 Å². The largest absolute Gasteiger partial charge is 0.298 e. The molecule has 15 heavy (non-hydrogen) atoms. The van der Waals surface area contributed by atoms with Gasteiger partial charge in [0.1, 0.15) is 0 Å². The van der Waals surface area contributed by atoms with Gasteiger partial charge in [-0.1, -0.05) is 27.7 Å². The number of aromatic nitrogens is 1. The predicted molar refractivity (Wildman–Crippen MR) is 65.8 cm³/mol. The molecular formula is C10H6BrNOS2. The summed E-state index contributed by atoms with van der Waals surface area (Å²) >= 11 is 6.45. The molecule has 0 fully saturated rings. The summed E-state index contributed by atoms with van der Waals surface area (Å²) in [6.07, 6.45) is 2.62. The van der Waals surface area contributed by atoms with Gasteiger partial charge in [0.2, 0.25) is 0 Å². The molecule has 1 aromatic carbocycles. The molecule has 0 N–H and O–H groups in total. The first-order chi connectivity index (χ1) is 7.29. The van der Waals surface area contributed by atoms with Gasteiger partial charge in [0.25, 0.3) is 0 Å². The molecule has 0 bridgehead atoms. The van der Waals surface area contributed by atoms with Gasteiger partial charge in [-0.3, -0.25) is 4.79 Å². The maximum atomic E-state index is 10.8.